The Labute approximate surface area is 166 Å². The second kappa shape index (κ2) is 10.9. The summed E-state index contributed by atoms with van der Waals surface area (Å²) in [6.45, 7) is 2.27. The van der Waals surface area contributed by atoms with E-state index in [2.05, 4.69) is 32.3 Å². The summed E-state index contributed by atoms with van der Waals surface area (Å²) in [6, 6.07) is 12.6. The minimum atomic E-state index is -0.299. The van der Waals surface area contributed by atoms with Crippen molar-refractivity contribution in [1.82, 2.24) is 0 Å². The third-order valence-corrected chi connectivity index (χ3v) is 3.75. The van der Waals surface area contributed by atoms with Crippen LogP contribution in [0.25, 0.3) is 0 Å². The van der Waals surface area contributed by atoms with Crippen LogP contribution in [0.3, 0.4) is 0 Å². The summed E-state index contributed by atoms with van der Waals surface area (Å²) in [5.41, 5.74) is 1.41. The second-order valence-corrected chi connectivity index (χ2v) is 6.03. The zero-order valence-corrected chi connectivity index (χ0v) is 16.4. The Kier molecular flexibility index (Phi) is 8.20. The van der Waals surface area contributed by atoms with E-state index in [0.29, 0.717) is 33.8 Å². The molecule has 27 heavy (non-hydrogen) atoms. The average Bonchev–Trinajstić information content (AvgIpc) is 2.66. The van der Waals surface area contributed by atoms with Crippen LogP contribution in [0.2, 0.25) is 0 Å². The van der Waals surface area contributed by atoms with Crippen LogP contribution in [0.4, 0.5) is 5.69 Å². The number of hydrogen-bond donors (Lipinski definition) is 1. The number of nitrogens with one attached hydrogen (secondary N) is 1. The average molecular weight is 431 g/mol. The van der Waals surface area contributed by atoms with Crippen LogP contribution < -0.4 is 14.8 Å². The number of carbonyl (C=O) groups excluding carboxylic acids is 1. The molecule has 0 aliphatic heterocycles. The van der Waals surface area contributed by atoms with Gasteiger partial charge in [-0.05, 0) is 47.1 Å². The minimum Gasteiger partial charge on any atom is -0.490 e. The largest absolute Gasteiger partial charge is 0.490 e. The lowest BCUT2D eigenvalue weighted by Gasteiger charge is -2.13. The Hall–Kier alpha value is -2.98. The molecule has 0 bridgehead atoms. The predicted molar refractivity (Wildman–Crippen MR) is 108 cm³/mol. The molecule has 0 unspecified atom stereocenters. The maximum Gasteiger partial charge on any atom is 0.265 e. The minimum absolute atomic E-state index is 0.131. The first kappa shape index (κ1) is 20.3. The van der Waals surface area contributed by atoms with Crippen molar-refractivity contribution in [2.24, 2.45) is 5.16 Å². The zero-order valence-electron chi connectivity index (χ0n) is 14.8. The Balaban J connectivity index is 1.95. The summed E-state index contributed by atoms with van der Waals surface area (Å²) in [5.74, 6) is 3.17. The molecule has 6 nitrogen and oxygen atoms in total. The molecular weight excluding hydrogens is 412 g/mol. The molecule has 0 aromatic heterocycles. The summed E-state index contributed by atoms with van der Waals surface area (Å²) >= 11 is 3.43. The molecule has 0 saturated carbocycles. The fourth-order valence-corrected chi connectivity index (χ4v) is 2.67. The number of carbonyl (C=O) groups is 1. The van der Waals surface area contributed by atoms with E-state index in [-0.39, 0.29) is 19.1 Å². The van der Waals surface area contributed by atoms with Crippen molar-refractivity contribution >= 4 is 33.7 Å². The van der Waals surface area contributed by atoms with Crippen LogP contribution in [0, 0.1) is 12.3 Å². The van der Waals surface area contributed by atoms with Crippen LogP contribution in [0.15, 0.2) is 52.1 Å². The van der Waals surface area contributed by atoms with Crippen LogP contribution in [-0.2, 0) is 9.63 Å². The molecule has 140 valence electrons. The van der Waals surface area contributed by atoms with Gasteiger partial charge in [0.15, 0.2) is 18.1 Å². The van der Waals surface area contributed by atoms with Gasteiger partial charge in [0.2, 0.25) is 0 Å². The lowest BCUT2D eigenvalue weighted by molar-refractivity contribution is -0.120. The first-order chi connectivity index (χ1) is 13.1. The first-order valence-corrected chi connectivity index (χ1v) is 8.96. The van der Waals surface area contributed by atoms with E-state index in [9.17, 15) is 4.79 Å². The van der Waals surface area contributed by atoms with Gasteiger partial charge in [-0.2, -0.15) is 0 Å². The van der Waals surface area contributed by atoms with Gasteiger partial charge in [-0.3, -0.25) is 4.79 Å². The lowest BCUT2D eigenvalue weighted by atomic mass is 10.2. The van der Waals surface area contributed by atoms with Gasteiger partial charge in [-0.15, -0.1) is 6.42 Å². The summed E-state index contributed by atoms with van der Waals surface area (Å²) in [7, 11) is 0. The molecule has 1 N–H and O–H groups in total. The molecule has 0 saturated heterocycles. The van der Waals surface area contributed by atoms with Crippen LogP contribution in [0.5, 0.6) is 11.5 Å². The highest BCUT2D eigenvalue weighted by Crippen LogP contribution is 2.36. The lowest BCUT2D eigenvalue weighted by Crippen LogP contribution is -2.16. The highest BCUT2D eigenvalue weighted by molar-refractivity contribution is 9.10. The number of para-hydroxylation sites is 1. The SMILES string of the molecule is C#CCOc1c(Br)cc(/C=N/OCC(=O)Nc2ccccc2)cc1OCC. The van der Waals surface area contributed by atoms with E-state index in [1.807, 2.05) is 25.1 Å². The molecule has 0 atom stereocenters. The highest BCUT2D eigenvalue weighted by atomic mass is 79.9. The number of terminal acetylenes is 1. The van der Waals surface area contributed by atoms with Gasteiger partial charge in [0.1, 0.15) is 6.61 Å². The number of benzene rings is 2. The topological polar surface area (TPSA) is 69.2 Å². The van der Waals surface area contributed by atoms with E-state index in [0.717, 1.165) is 0 Å². The molecule has 2 rings (SSSR count). The van der Waals surface area contributed by atoms with Crippen molar-refractivity contribution in [3.05, 3.63) is 52.5 Å². The molecule has 2 aromatic rings. The Morgan fingerprint density at radius 2 is 2.07 bits per heavy atom. The Morgan fingerprint density at radius 1 is 1.30 bits per heavy atom. The molecule has 2 aromatic carbocycles. The van der Waals surface area contributed by atoms with E-state index in [4.69, 9.17) is 20.7 Å². The number of nitrogens with zero attached hydrogens (tertiary/aromatic N) is 1. The van der Waals surface area contributed by atoms with Crippen LogP contribution in [0.1, 0.15) is 12.5 Å². The molecule has 7 heteroatoms. The van der Waals surface area contributed by atoms with Crippen molar-refractivity contribution in [3.8, 4) is 23.8 Å². The van der Waals surface area contributed by atoms with Crippen LogP contribution >= 0.6 is 15.9 Å². The van der Waals surface area contributed by atoms with Gasteiger partial charge in [-0.1, -0.05) is 29.3 Å². The molecule has 0 aliphatic carbocycles. The molecule has 0 radical (unpaired) electrons. The maximum atomic E-state index is 11.8. The number of halogens is 1. The maximum absolute atomic E-state index is 11.8. The number of hydrogen-bond acceptors (Lipinski definition) is 5. The molecule has 1 amide bonds. The van der Waals surface area contributed by atoms with E-state index in [1.165, 1.54) is 6.21 Å². The van der Waals surface area contributed by atoms with E-state index < -0.39 is 0 Å². The van der Waals surface area contributed by atoms with E-state index >= 15 is 0 Å². The molecule has 0 fully saturated rings. The summed E-state index contributed by atoms with van der Waals surface area (Å²) in [5, 5.41) is 6.53. The number of oxime groups is 1. The first-order valence-electron chi connectivity index (χ1n) is 8.17. The van der Waals surface area contributed by atoms with Gasteiger partial charge >= 0.3 is 0 Å². The fraction of sp³-hybridized carbons (Fsp3) is 0.200. The van der Waals surface area contributed by atoms with Gasteiger partial charge in [0.25, 0.3) is 5.91 Å². The Bertz CT molecular complexity index is 832. The van der Waals surface area contributed by atoms with Gasteiger partial charge in [0, 0.05) is 11.3 Å². The molecule has 0 spiro atoms. The quantitative estimate of drug-likeness (QED) is 0.372. The summed E-state index contributed by atoms with van der Waals surface area (Å²) in [6.07, 6.45) is 6.71. The van der Waals surface area contributed by atoms with Gasteiger partial charge in [-0.25, -0.2) is 0 Å². The Morgan fingerprint density at radius 3 is 2.78 bits per heavy atom. The second-order valence-electron chi connectivity index (χ2n) is 5.18. The highest BCUT2D eigenvalue weighted by Gasteiger charge is 2.11. The molecule has 0 heterocycles. The number of ether oxygens (including phenoxy) is 2. The normalized spacial score (nSPS) is 10.3. The number of rotatable bonds is 9. The van der Waals surface area contributed by atoms with Crippen molar-refractivity contribution in [1.29, 1.82) is 0 Å². The fourth-order valence-electron chi connectivity index (χ4n) is 2.09. The van der Waals surface area contributed by atoms with Gasteiger partial charge < -0.3 is 19.6 Å². The summed E-state index contributed by atoms with van der Waals surface area (Å²) in [4.78, 5) is 16.8. The molecular formula is C20H19BrN2O4. The third-order valence-electron chi connectivity index (χ3n) is 3.16. The van der Waals surface area contributed by atoms with Crippen LogP contribution in [-0.4, -0.2) is 31.9 Å². The van der Waals surface area contributed by atoms with Crippen molar-refractivity contribution < 1.29 is 19.1 Å². The van der Waals surface area contributed by atoms with Crippen molar-refractivity contribution in [2.75, 3.05) is 25.1 Å². The summed E-state index contributed by atoms with van der Waals surface area (Å²) < 4.78 is 11.8. The molecule has 0 aliphatic rings. The van der Waals surface area contributed by atoms with E-state index in [1.54, 1.807) is 24.3 Å². The smallest absolute Gasteiger partial charge is 0.265 e. The van der Waals surface area contributed by atoms with Crippen molar-refractivity contribution in [3.63, 3.8) is 0 Å². The zero-order chi connectivity index (χ0) is 19.5. The third kappa shape index (κ3) is 6.68. The monoisotopic (exact) mass is 430 g/mol. The number of anilines is 1. The van der Waals surface area contributed by atoms with Gasteiger partial charge in [0.05, 0.1) is 17.3 Å². The predicted octanol–water partition coefficient (Wildman–Crippen LogP) is 3.85. The standard InChI is InChI=1S/C20H19BrN2O4/c1-3-10-26-20-17(21)11-15(12-18(20)25-4-2)13-22-27-14-19(24)23-16-8-6-5-7-9-16/h1,5-9,11-13H,4,10,14H2,2H3,(H,23,24)/b22-13+. The number of amides is 1. The van der Waals surface area contributed by atoms with Crippen molar-refractivity contribution in [2.45, 2.75) is 6.92 Å².